The Bertz CT molecular complexity index is 2550. The molecule has 1 saturated heterocycles. The van der Waals surface area contributed by atoms with Gasteiger partial charge in [0.05, 0.1) is 58.9 Å². The number of likely N-dealkylation sites (tertiary alicyclic amines) is 1. The smallest absolute Gasteiger partial charge is 0.277 e. The van der Waals surface area contributed by atoms with Crippen molar-refractivity contribution in [3.63, 3.8) is 0 Å². The molecule has 1 aliphatic carbocycles. The highest BCUT2D eigenvalue weighted by Crippen LogP contribution is 2.46. The van der Waals surface area contributed by atoms with Crippen molar-refractivity contribution in [1.29, 1.82) is 0 Å². The number of thiazole rings is 1. The number of hydrogen-bond donors (Lipinski definition) is 7. The molecule has 0 bridgehead atoms. The molecule has 4 atom stereocenters. The number of aliphatic hydroxyl groups is 1. The lowest BCUT2D eigenvalue weighted by molar-refractivity contribution is -0.151. The van der Waals surface area contributed by atoms with Crippen molar-refractivity contribution in [2.24, 2.45) is 11.1 Å². The first-order valence-corrected chi connectivity index (χ1v) is 24.6. The van der Waals surface area contributed by atoms with Gasteiger partial charge in [0.25, 0.3) is 11.8 Å². The van der Waals surface area contributed by atoms with Crippen LogP contribution in [0.15, 0.2) is 60.1 Å². The van der Waals surface area contributed by atoms with Crippen LogP contribution < -0.4 is 32.5 Å². The number of rotatable bonds is 23. The zero-order chi connectivity index (χ0) is 51.0. The second kappa shape index (κ2) is 23.3. The summed E-state index contributed by atoms with van der Waals surface area (Å²) >= 11 is 3.34. The SMILES string of the molecule is Cc1ncsc1-c1ccc([C@H](CC(=O)NCCOCCNCCCONC(=O)c2ccc(F)c(F)c2Nc2ccc(I)cc2F)C2(C(N)=O)CC(O)CN2C(=O)C(NC(=O)C2(F)CC2)C(C)(C)C)cc1. The molecule has 22 heteroatoms. The third-order valence-corrected chi connectivity index (χ3v) is 13.8. The van der Waals surface area contributed by atoms with Gasteiger partial charge in [-0.3, -0.25) is 28.8 Å². The van der Waals surface area contributed by atoms with Gasteiger partial charge in [-0.1, -0.05) is 45.0 Å². The summed E-state index contributed by atoms with van der Waals surface area (Å²) in [5.74, 6) is -8.42. The van der Waals surface area contributed by atoms with Gasteiger partial charge in [-0.2, -0.15) is 0 Å². The molecule has 3 unspecified atom stereocenters. The second-order valence-corrected chi connectivity index (χ2v) is 20.5. The number of nitrogens with two attached hydrogens (primary N) is 1. The number of benzene rings is 3. The van der Waals surface area contributed by atoms with Gasteiger partial charge in [0, 0.05) is 42.0 Å². The van der Waals surface area contributed by atoms with Crippen molar-refractivity contribution in [3.05, 3.63) is 98.0 Å². The molecule has 70 heavy (non-hydrogen) atoms. The molecular weight excluding hydrogens is 1050 g/mol. The van der Waals surface area contributed by atoms with Crippen LogP contribution in [0.1, 0.15) is 80.4 Å². The average Bonchev–Trinajstić information content (AvgIpc) is 3.75. The van der Waals surface area contributed by atoms with Gasteiger partial charge in [0.2, 0.25) is 17.7 Å². The van der Waals surface area contributed by atoms with Crippen LogP contribution in [0.2, 0.25) is 0 Å². The van der Waals surface area contributed by atoms with E-state index in [0.29, 0.717) is 28.6 Å². The molecule has 3 aromatic carbocycles. The van der Waals surface area contributed by atoms with Crippen LogP contribution in [0.3, 0.4) is 0 Å². The molecule has 4 aromatic rings. The van der Waals surface area contributed by atoms with Crippen molar-refractivity contribution in [1.82, 2.24) is 31.3 Å². The van der Waals surface area contributed by atoms with Gasteiger partial charge < -0.3 is 41.7 Å². The maximum absolute atomic E-state index is 14.9. The van der Waals surface area contributed by atoms with Gasteiger partial charge in [0.1, 0.15) is 17.4 Å². The molecular formula is C48H57F4IN8O8S. The van der Waals surface area contributed by atoms with Gasteiger partial charge in [-0.15, -0.1) is 11.3 Å². The molecule has 6 rings (SSSR count). The molecule has 1 saturated carbocycles. The predicted octanol–water partition coefficient (Wildman–Crippen LogP) is 5.68. The van der Waals surface area contributed by atoms with E-state index < -0.39 is 87.4 Å². The Morgan fingerprint density at radius 2 is 1.70 bits per heavy atom. The Balaban J connectivity index is 1.01. The van der Waals surface area contributed by atoms with Crippen LogP contribution in [-0.4, -0.2) is 114 Å². The van der Waals surface area contributed by atoms with E-state index in [4.69, 9.17) is 15.3 Å². The highest BCUT2D eigenvalue weighted by molar-refractivity contribution is 14.1. The molecule has 378 valence electrons. The molecule has 1 aliphatic heterocycles. The van der Waals surface area contributed by atoms with Crippen molar-refractivity contribution in [2.45, 2.75) is 89.1 Å². The molecule has 0 radical (unpaired) electrons. The van der Waals surface area contributed by atoms with Crippen molar-refractivity contribution in [2.75, 3.05) is 51.3 Å². The van der Waals surface area contributed by atoms with E-state index in [0.717, 1.165) is 33.2 Å². The van der Waals surface area contributed by atoms with Gasteiger partial charge in [-0.05, 0) is 102 Å². The minimum atomic E-state index is -2.09. The van der Waals surface area contributed by atoms with Crippen LogP contribution in [-0.2, 0) is 28.8 Å². The summed E-state index contributed by atoms with van der Waals surface area (Å²) < 4.78 is 64.4. The zero-order valence-electron chi connectivity index (χ0n) is 39.1. The number of anilines is 2. The quantitative estimate of drug-likeness (QED) is 0.0207. The predicted molar refractivity (Wildman–Crippen MR) is 262 cm³/mol. The fourth-order valence-electron chi connectivity index (χ4n) is 8.26. The minimum absolute atomic E-state index is 0.0182. The Hall–Kier alpha value is -5.27. The third kappa shape index (κ3) is 13.0. The number of hydrogen-bond acceptors (Lipinski definition) is 12. The molecule has 5 amide bonds. The van der Waals surface area contributed by atoms with Crippen LogP contribution in [0.25, 0.3) is 10.4 Å². The van der Waals surface area contributed by atoms with E-state index in [1.807, 2.05) is 41.6 Å². The molecule has 1 aromatic heterocycles. The number of hydroxylamine groups is 1. The summed E-state index contributed by atoms with van der Waals surface area (Å²) in [5, 5.41) is 22.2. The average molecular weight is 1110 g/mol. The van der Waals surface area contributed by atoms with E-state index >= 15 is 0 Å². The Morgan fingerprint density at radius 1 is 0.986 bits per heavy atom. The number of aromatic nitrogens is 1. The molecule has 0 spiro atoms. The van der Waals surface area contributed by atoms with Gasteiger partial charge >= 0.3 is 0 Å². The van der Waals surface area contributed by atoms with Crippen molar-refractivity contribution >= 4 is 74.8 Å². The number of carbonyl (C=O) groups excluding carboxylic acids is 5. The number of carbonyl (C=O) groups is 5. The van der Waals surface area contributed by atoms with E-state index in [9.17, 15) is 46.6 Å². The van der Waals surface area contributed by atoms with E-state index in [2.05, 4.69) is 31.7 Å². The van der Waals surface area contributed by atoms with E-state index in [-0.39, 0.29) is 69.8 Å². The topological polar surface area (TPSA) is 226 Å². The Kier molecular flexibility index (Phi) is 18.0. The highest BCUT2D eigenvalue weighted by atomic mass is 127. The van der Waals surface area contributed by atoms with Crippen LogP contribution in [0, 0.1) is 33.4 Å². The number of halogens is 5. The first-order valence-electron chi connectivity index (χ1n) is 22.6. The molecule has 16 nitrogen and oxygen atoms in total. The maximum Gasteiger partial charge on any atom is 0.277 e. The highest BCUT2D eigenvalue weighted by Gasteiger charge is 2.60. The number of aliphatic hydroxyl groups excluding tert-OH is 1. The lowest BCUT2D eigenvalue weighted by atomic mass is 9.73. The maximum atomic E-state index is 14.9. The molecule has 2 aliphatic rings. The summed E-state index contributed by atoms with van der Waals surface area (Å²) in [5.41, 5.74) is 6.25. The van der Waals surface area contributed by atoms with E-state index in [1.165, 1.54) is 23.5 Å². The number of β-amino-alcohol motifs (C(OH)–C–C–N with tert-alkyl or cyclic N) is 1. The lowest BCUT2D eigenvalue weighted by Gasteiger charge is -2.44. The Morgan fingerprint density at radius 3 is 2.34 bits per heavy atom. The monoisotopic (exact) mass is 1110 g/mol. The van der Waals surface area contributed by atoms with Crippen molar-refractivity contribution in [3.8, 4) is 10.4 Å². The van der Waals surface area contributed by atoms with Crippen molar-refractivity contribution < 1.29 is 56.2 Å². The lowest BCUT2D eigenvalue weighted by Crippen LogP contribution is -2.65. The van der Waals surface area contributed by atoms with Gasteiger partial charge in [-0.25, -0.2) is 28.0 Å². The number of alkyl halides is 1. The summed E-state index contributed by atoms with van der Waals surface area (Å²) in [6.07, 6.45) is -1.40. The number of amides is 5. The fraction of sp³-hybridized carbons (Fsp3) is 0.458. The first-order chi connectivity index (χ1) is 33.2. The molecule has 2 heterocycles. The summed E-state index contributed by atoms with van der Waals surface area (Å²) in [6.45, 7) is 7.96. The minimum Gasteiger partial charge on any atom is -0.391 e. The van der Waals surface area contributed by atoms with Crippen LogP contribution >= 0.6 is 33.9 Å². The summed E-state index contributed by atoms with van der Waals surface area (Å²) in [7, 11) is 0. The van der Waals surface area contributed by atoms with Crippen LogP contribution in [0.4, 0.5) is 28.9 Å². The molecule has 2 fully saturated rings. The number of nitrogens with zero attached hydrogens (tertiary/aromatic N) is 2. The number of aryl methyl sites for hydroxylation is 1. The molecule has 8 N–H and O–H groups in total. The Labute approximate surface area is 420 Å². The zero-order valence-corrected chi connectivity index (χ0v) is 42.0. The standard InChI is InChI=1S/C48H57F4IN8O8S/c1-27-40(70-26-57-27)29-8-6-28(7-9-29)33(48(44(54)66)24-31(62)25-61(48)43(65)41(46(2,3)4)59-45(67)47(52)14-15-47)23-37(63)56-18-21-68-20-17-55-16-5-19-69-60-42(64)32-11-12-34(49)38(51)39(32)58-36-13-10-30(53)22-35(36)50/h6-13,22,26,31,33,41,55,58,62H,5,14-21,23-25H2,1-4H3,(H2,54,66)(H,56,63)(H,59,67)(H,60,64)/t31?,33-,41?,48?/m0/s1. The normalized spacial score (nSPS) is 18.2. The van der Waals surface area contributed by atoms with Gasteiger partial charge in [0.15, 0.2) is 17.3 Å². The third-order valence-electron chi connectivity index (χ3n) is 12.2. The van der Waals surface area contributed by atoms with Crippen LogP contribution in [0.5, 0.6) is 0 Å². The summed E-state index contributed by atoms with van der Waals surface area (Å²) in [6, 6.07) is 11.7. The second-order valence-electron chi connectivity index (χ2n) is 18.4. The van der Waals surface area contributed by atoms with E-state index in [1.54, 1.807) is 44.5 Å². The number of nitrogens with one attached hydrogen (secondary N) is 5. The summed E-state index contributed by atoms with van der Waals surface area (Å²) in [4.78, 5) is 79.8. The number of ether oxygens (including phenoxy) is 1. The largest absolute Gasteiger partial charge is 0.391 e. The first kappa shape index (κ1) is 54.1. The fourth-order valence-corrected chi connectivity index (χ4v) is 9.52. The number of primary amides is 1.